The number of aromatic nitrogens is 2. The average Bonchev–Trinajstić information content (AvgIpc) is 2.67. The SMILES string of the molecule is CCC(C)C(=O)C(C)n1ccnc1. The van der Waals surface area contributed by atoms with Gasteiger partial charge < -0.3 is 4.57 Å². The Labute approximate surface area is 78.8 Å². The van der Waals surface area contributed by atoms with Gasteiger partial charge in [-0.25, -0.2) is 4.98 Å². The molecule has 0 aliphatic rings. The third-order valence-corrected chi connectivity index (χ3v) is 2.48. The van der Waals surface area contributed by atoms with Crippen LogP contribution < -0.4 is 0 Å². The van der Waals surface area contributed by atoms with Crippen molar-refractivity contribution in [3.05, 3.63) is 18.7 Å². The molecule has 0 amide bonds. The first-order valence-electron chi connectivity index (χ1n) is 4.68. The number of carbonyl (C=O) groups excluding carboxylic acids is 1. The monoisotopic (exact) mass is 180 g/mol. The lowest BCUT2D eigenvalue weighted by molar-refractivity contribution is -0.125. The maximum Gasteiger partial charge on any atom is 0.158 e. The van der Waals surface area contributed by atoms with Crippen molar-refractivity contribution in [3.63, 3.8) is 0 Å². The molecular formula is C10H16N2O. The van der Waals surface area contributed by atoms with Crippen LogP contribution in [-0.4, -0.2) is 15.3 Å². The maximum atomic E-state index is 11.7. The average molecular weight is 180 g/mol. The molecule has 0 N–H and O–H groups in total. The second kappa shape index (κ2) is 4.21. The van der Waals surface area contributed by atoms with Crippen LogP contribution in [0.1, 0.15) is 33.2 Å². The van der Waals surface area contributed by atoms with Gasteiger partial charge in [-0.1, -0.05) is 13.8 Å². The number of ketones is 1. The molecule has 1 aromatic heterocycles. The molecule has 0 bridgehead atoms. The van der Waals surface area contributed by atoms with Gasteiger partial charge in [0, 0.05) is 18.3 Å². The molecule has 1 heterocycles. The topological polar surface area (TPSA) is 34.9 Å². The van der Waals surface area contributed by atoms with Gasteiger partial charge in [0.1, 0.15) is 0 Å². The molecule has 1 rings (SSSR count). The quantitative estimate of drug-likeness (QED) is 0.710. The van der Waals surface area contributed by atoms with Crippen molar-refractivity contribution in [1.82, 2.24) is 9.55 Å². The van der Waals surface area contributed by atoms with Gasteiger partial charge in [-0.3, -0.25) is 4.79 Å². The lowest BCUT2D eigenvalue weighted by Gasteiger charge is -2.15. The van der Waals surface area contributed by atoms with E-state index in [2.05, 4.69) is 4.98 Å². The Morgan fingerprint density at radius 1 is 1.54 bits per heavy atom. The molecule has 0 radical (unpaired) electrons. The van der Waals surface area contributed by atoms with Gasteiger partial charge in [-0.15, -0.1) is 0 Å². The van der Waals surface area contributed by atoms with E-state index in [0.29, 0.717) is 0 Å². The molecular weight excluding hydrogens is 164 g/mol. The van der Waals surface area contributed by atoms with Gasteiger partial charge in [0.05, 0.1) is 12.4 Å². The number of rotatable bonds is 4. The molecule has 0 saturated heterocycles. The summed E-state index contributed by atoms with van der Waals surface area (Å²) in [6.45, 7) is 5.91. The van der Waals surface area contributed by atoms with Gasteiger partial charge in [0.25, 0.3) is 0 Å². The zero-order chi connectivity index (χ0) is 9.84. The Bertz CT molecular complexity index is 266. The molecule has 0 saturated carbocycles. The van der Waals surface area contributed by atoms with Gasteiger partial charge >= 0.3 is 0 Å². The molecule has 3 heteroatoms. The molecule has 2 unspecified atom stereocenters. The number of Topliss-reactive ketones (excluding diaryl/α,β-unsaturated/α-hetero) is 1. The molecule has 0 aliphatic carbocycles. The number of carbonyl (C=O) groups is 1. The highest BCUT2D eigenvalue weighted by molar-refractivity contribution is 5.84. The Morgan fingerprint density at radius 2 is 2.23 bits per heavy atom. The van der Waals surface area contributed by atoms with E-state index in [1.165, 1.54) is 0 Å². The van der Waals surface area contributed by atoms with E-state index >= 15 is 0 Å². The fourth-order valence-corrected chi connectivity index (χ4v) is 1.26. The zero-order valence-corrected chi connectivity index (χ0v) is 8.40. The van der Waals surface area contributed by atoms with E-state index in [0.717, 1.165) is 6.42 Å². The highest BCUT2D eigenvalue weighted by atomic mass is 16.1. The van der Waals surface area contributed by atoms with Crippen LogP contribution in [0.3, 0.4) is 0 Å². The molecule has 13 heavy (non-hydrogen) atoms. The van der Waals surface area contributed by atoms with Crippen LogP contribution in [0, 0.1) is 5.92 Å². The van der Waals surface area contributed by atoms with Crippen molar-refractivity contribution in [3.8, 4) is 0 Å². The molecule has 0 aromatic carbocycles. The van der Waals surface area contributed by atoms with E-state index in [-0.39, 0.29) is 17.7 Å². The van der Waals surface area contributed by atoms with Gasteiger partial charge in [0.15, 0.2) is 5.78 Å². The summed E-state index contributed by atoms with van der Waals surface area (Å²) in [4.78, 5) is 15.6. The molecule has 0 spiro atoms. The summed E-state index contributed by atoms with van der Waals surface area (Å²) in [7, 11) is 0. The minimum atomic E-state index is -0.0857. The summed E-state index contributed by atoms with van der Waals surface area (Å²) in [6, 6.07) is -0.0857. The van der Waals surface area contributed by atoms with Crippen molar-refractivity contribution < 1.29 is 4.79 Å². The van der Waals surface area contributed by atoms with Crippen LogP contribution >= 0.6 is 0 Å². The smallest absolute Gasteiger partial charge is 0.158 e. The number of imidazole rings is 1. The van der Waals surface area contributed by atoms with Crippen molar-refractivity contribution in [2.75, 3.05) is 0 Å². The zero-order valence-electron chi connectivity index (χ0n) is 8.40. The van der Waals surface area contributed by atoms with Crippen LogP contribution in [0.5, 0.6) is 0 Å². The van der Waals surface area contributed by atoms with Crippen LogP contribution in [0.25, 0.3) is 0 Å². The van der Waals surface area contributed by atoms with Crippen LogP contribution in [0.4, 0.5) is 0 Å². The Balaban J connectivity index is 2.68. The predicted octanol–water partition coefficient (Wildman–Crippen LogP) is 2.06. The number of nitrogens with zero attached hydrogens (tertiary/aromatic N) is 2. The first kappa shape index (κ1) is 9.96. The summed E-state index contributed by atoms with van der Waals surface area (Å²) in [5.74, 6) is 0.415. The van der Waals surface area contributed by atoms with Gasteiger partial charge in [-0.05, 0) is 13.3 Å². The summed E-state index contributed by atoms with van der Waals surface area (Å²) < 4.78 is 1.84. The Kier molecular flexibility index (Phi) is 3.23. The van der Waals surface area contributed by atoms with Gasteiger partial charge in [0.2, 0.25) is 0 Å². The number of hydrogen-bond donors (Lipinski definition) is 0. The van der Waals surface area contributed by atoms with E-state index < -0.39 is 0 Å². The van der Waals surface area contributed by atoms with Crippen molar-refractivity contribution in [2.45, 2.75) is 33.2 Å². The van der Waals surface area contributed by atoms with Crippen molar-refractivity contribution in [2.24, 2.45) is 5.92 Å². The fourth-order valence-electron chi connectivity index (χ4n) is 1.26. The minimum absolute atomic E-state index is 0.0857. The molecule has 3 nitrogen and oxygen atoms in total. The van der Waals surface area contributed by atoms with Crippen molar-refractivity contribution in [1.29, 1.82) is 0 Å². The summed E-state index contributed by atoms with van der Waals surface area (Å²) >= 11 is 0. The number of hydrogen-bond acceptors (Lipinski definition) is 2. The van der Waals surface area contributed by atoms with E-state index in [9.17, 15) is 4.79 Å². The second-order valence-electron chi connectivity index (χ2n) is 3.40. The Morgan fingerprint density at radius 3 is 2.69 bits per heavy atom. The van der Waals surface area contributed by atoms with E-state index in [4.69, 9.17) is 0 Å². The first-order chi connectivity index (χ1) is 6.16. The maximum absolute atomic E-state index is 11.7. The highest BCUT2D eigenvalue weighted by Crippen LogP contribution is 2.14. The second-order valence-corrected chi connectivity index (χ2v) is 3.40. The lowest BCUT2D eigenvalue weighted by atomic mass is 9.98. The van der Waals surface area contributed by atoms with Crippen LogP contribution in [0.2, 0.25) is 0 Å². The molecule has 1 aromatic rings. The normalized spacial score (nSPS) is 15.3. The third-order valence-electron chi connectivity index (χ3n) is 2.48. The Hall–Kier alpha value is -1.12. The molecule has 72 valence electrons. The standard InChI is InChI=1S/C10H16N2O/c1-4-8(2)10(13)9(3)12-6-5-11-7-12/h5-9H,4H2,1-3H3. The first-order valence-corrected chi connectivity index (χ1v) is 4.68. The minimum Gasteiger partial charge on any atom is -0.327 e. The largest absolute Gasteiger partial charge is 0.327 e. The third kappa shape index (κ3) is 2.17. The fraction of sp³-hybridized carbons (Fsp3) is 0.600. The summed E-state index contributed by atoms with van der Waals surface area (Å²) in [5.41, 5.74) is 0. The lowest BCUT2D eigenvalue weighted by Crippen LogP contribution is -2.21. The van der Waals surface area contributed by atoms with E-state index in [1.807, 2.05) is 31.5 Å². The van der Waals surface area contributed by atoms with Crippen LogP contribution in [-0.2, 0) is 4.79 Å². The van der Waals surface area contributed by atoms with Crippen LogP contribution in [0.15, 0.2) is 18.7 Å². The molecule has 0 aliphatic heterocycles. The van der Waals surface area contributed by atoms with Crippen molar-refractivity contribution >= 4 is 5.78 Å². The highest BCUT2D eigenvalue weighted by Gasteiger charge is 2.19. The molecule has 0 fully saturated rings. The summed E-state index contributed by atoms with van der Waals surface area (Å²) in [5, 5.41) is 0. The summed E-state index contributed by atoms with van der Waals surface area (Å²) in [6.07, 6.45) is 6.11. The molecule has 2 atom stereocenters. The van der Waals surface area contributed by atoms with Gasteiger partial charge in [-0.2, -0.15) is 0 Å². The van der Waals surface area contributed by atoms with E-state index in [1.54, 1.807) is 12.5 Å². The predicted molar refractivity (Wildman–Crippen MR) is 51.4 cm³/mol.